The summed E-state index contributed by atoms with van der Waals surface area (Å²) in [5.41, 5.74) is 6.30. The van der Waals surface area contributed by atoms with E-state index in [1.807, 2.05) is 13.8 Å². The van der Waals surface area contributed by atoms with Crippen LogP contribution < -0.4 is 10.5 Å². The molecule has 18 heavy (non-hydrogen) atoms. The molecule has 0 aliphatic heterocycles. The molecule has 0 aliphatic carbocycles. The fourth-order valence-electron chi connectivity index (χ4n) is 1.22. The molecule has 0 spiro atoms. The zero-order valence-corrected chi connectivity index (χ0v) is 11.2. The molecule has 0 unspecified atom stereocenters. The van der Waals surface area contributed by atoms with Crippen LogP contribution in [0.15, 0.2) is 26.8 Å². The summed E-state index contributed by atoms with van der Waals surface area (Å²) in [6, 6.07) is 3.53. The lowest BCUT2D eigenvalue weighted by molar-refractivity contribution is 0.232. The number of aryl methyl sites for hydroxylation is 1. The molecule has 0 saturated carbocycles. The molecule has 2 aromatic rings. The largest absolute Gasteiger partial charge is 0.473 e. The Balaban J connectivity index is 2.18. The first-order valence-corrected chi connectivity index (χ1v) is 6.27. The van der Waals surface area contributed by atoms with Crippen molar-refractivity contribution >= 4 is 17.4 Å². The Morgan fingerprint density at radius 3 is 2.72 bits per heavy atom. The number of hydrogen-bond acceptors (Lipinski definition) is 7. The van der Waals surface area contributed by atoms with Gasteiger partial charge >= 0.3 is 0 Å². The second-order valence-corrected chi connectivity index (χ2v) is 4.87. The Morgan fingerprint density at radius 1 is 1.33 bits per heavy atom. The van der Waals surface area contributed by atoms with E-state index in [0.717, 1.165) is 0 Å². The topological polar surface area (TPSA) is 87.1 Å². The number of nitrogen functional groups attached to an aromatic ring is 1. The highest BCUT2D eigenvalue weighted by molar-refractivity contribution is 7.99. The average molecular weight is 266 g/mol. The number of rotatable bonds is 4. The molecule has 0 fully saturated rings. The van der Waals surface area contributed by atoms with Gasteiger partial charge in [-0.15, -0.1) is 10.2 Å². The Bertz CT molecular complexity index is 542. The zero-order valence-electron chi connectivity index (χ0n) is 10.4. The van der Waals surface area contributed by atoms with Gasteiger partial charge in [-0.05, 0) is 37.7 Å². The van der Waals surface area contributed by atoms with E-state index in [0.29, 0.717) is 27.7 Å². The predicted molar refractivity (Wildman–Crippen MR) is 67.6 cm³/mol. The lowest BCUT2D eigenvalue weighted by atomic mass is 10.4. The highest BCUT2D eigenvalue weighted by atomic mass is 32.2. The summed E-state index contributed by atoms with van der Waals surface area (Å²) in [7, 11) is 0. The van der Waals surface area contributed by atoms with Crippen LogP contribution in [0.1, 0.15) is 19.7 Å². The Kier molecular flexibility index (Phi) is 3.71. The minimum atomic E-state index is 0.0192. The molecule has 2 aromatic heterocycles. The minimum Gasteiger partial charge on any atom is -0.473 e. The van der Waals surface area contributed by atoms with Crippen molar-refractivity contribution in [3.63, 3.8) is 0 Å². The number of anilines is 1. The molecule has 0 saturated heterocycles. The van der Waals surface area contributed by atoms with Crippen LogP contribution in [0, 0.1) is 6.92 Å². The van der Waals surface area contributed by atoms with Gasteiger partial charge < -0.3 is 14.9 Å². The third-order valence-corrected chi connectivity index (χ3v) is 2.69. The van der Waals surface area contributed by atoms with E-state index in [1.54, 1.807) is 19.1 Å². The van der Waals surface area contributed by atoms with Crippen LogP contribution >= 0.6 is 11.8 Å². The van der Waals surface area contributed by atoms with E-state index in [-0.39, 0.29) is 6.10 Å². The molecule has 2 rings (SSSR count). The van der Waals surface area contributed by atoms with Crippen molar-refractivity contribution in [2.24, 2.45) is 0 Å². The van der Waals surface area contributed by atoms with Crippen molar-refractivity contribution in [3.05, 3.63) is 18.0 Å². The number of nitrogens with two attached hydrogens (primary N) is 1. The number of aromatic nitrogens is 3. The van der Waals surface area contributed by atoms with Gasteiger partial charge in [-0.1, -0.05) is 0 Å². The average Bonchev–Trinajstić information content (AvgIpc) is 2.68. The second kappa shape index (κ2) is 5.26. The molecular weight excluding hydrogens is 252 g/mol. The number of hydrogen-bond donors (Lipinski definition) is 1. The first kappa shape index (κ1) is 12.7. The van der Waals surface area contributed by atoms with Gasteiger partial charge in [0.1, 0.15) is 5.03 Å². The highest BCUT2D eigenvalue weighted by Gasteiger charge is 2.10. The maximum atomic E-state index is 5.79. The van der Waals surface area contributed by atoms with Gasteiger partial charge in [-0.2, -0.15) is 0 Å². The van der Waals surface area contributed by atoms with E-state index in [9.17, 15) is 0 Å². The van der Waals surface area contributed by atoms with Crippen molar-refractivity contribution in [2.45, 2.75) is 37.1 Å². The molecule has 6 nitrogen and oxygen atoms in total. The molecule has 0 bridgehead atoms. The van der Waals surface area contributed by atoms with Gasteiger partial charge in [0.2, 0.25) is 11.8 Å². The molecule has 0 atom stereocenters. The summed E-state index contributed by atoms with van der Waals surface area (Å²) in [6.45, 7) is 5.57. The third kappa shape index (κ3) is 3.13. The highest BCUT2D eigenvalue weighted by Crippen LogP contribution is 2.29. The molecule has 96 valence electrons. The molecule has 2 N–H and O–H groups in total. The smallest absolute Gasteiger partial charge is 0.282 e. The van der Waals surface area contributed by atoms with Crippen molar-refractivity contribution in [1.29, 1.82) is 0 Å². The Labute approximate surface area is 109 Å². The summed E-state index contributed by atoms with van der Waals surface area (Å²) in [5, 5.41) is 8.78. The van der Waals surface area contributed by atoms with E-state index < -0.39 is 0 Å². The monoisotopic (exact) mass is 266 g/mol. The SMILES string of the molecule is Cc1nnc(Sc2ccc(N)c(OC(C)C)n2)o1. The predicted octanol–water partition coefficient (Wildman–Crippen LogP) is 2.29. The Morgan fingerprint density at radius 2 is 2.11 bits per heavy atom. The van der Waals surface area contributed by atoms with E-state index >= 15 is 0 Å². The fraction of sp³-hybridized carbons (Fsp3) is 0.364. The van der Waals surface area contributed by atoms with E-state index in [4.69, 9.17) is 14.9 Å². The number of ether oxygens (including phenoxy) is 1. The maximum Gasteiger partial charge on any atom is 0.282 e. The van der Waals surface area contributed by atoms with Crippen LogP contribution in [0.3, 0.4) is 0 Å². The second-order valence-electron chi connectivity index (χ2n) is 3.90. The lowest BCUT2D eigenvalue weighted by Crippen LogP contribution is -2.09. The van der Waals surface area contributed by atoms with Gasteiger partial charge in [0.05, 0.1) is 11.8 Å². The fourth-order valence-corrected chi connectivity index (χ4v) is 1.91. The van der Waals surface area contributed by atoms with Gasteiger partial charge in [0.25, 0.3) is 5.22 Å². The summed E-state index contributed by atoms with van der Waals surface area (Å²) in [6.07, 6.45) is 0.0192. The standard InChI is InChI=1S/C11H14N4O2S/c1-6(2)16-10-8(12)4-5-9(13-10)18-11-15-14-7(3)17-11/h4-6H,12H2,1-3H3. The maximum absolute atomic E-state index is 5.79. The molecule has 7 heteroatoms. The summed E-state index contributed by atoms with van der Waals surface area (Å²) in [4.78, 5) is 4.30. The van der Waals surface area contributed by atoms with Crippen molar-refractivity contribution < 1.29 is 9.15 Å². The first-order chi connectivity index (χ1) is 8.54. The van der Waals surface area contributed by atoms with Gasteiger partial charge in [-0.25, -0.2) is 4.98 Å². The van der Waals surface area contributed by atoms with E-state index in [2.05, 4.69) is 15.2 Å². The molecule has 0 aromatic carbocycles. The quantitative estimate of drug-likeness (QED) is 0.908. The van der Waals surface area contributed by atoms with Crippen LogP contribution in [0.4, 0.5) is 5.69 Å². The first-order valence-electron chi connectivity index (χ1n) is 5.45. The van der Waals surface area contributed by atoms with Crippen molar-refractivity contribution in [2.75, 3.05) is 5.73 Å². The van der Waals surface area contributed by atoms with Gasteiger partial charge in [-0.3, -0.25) is 0 Å². The van der Waals surface area contributed by atoms with Gasteiger partial charge in [0.15, 0.2) is 0 Å². The van der Waals surface area contributed by atoms with E-state index in [1.165, 1.54) is 11.8 Å². The normalized spacial score (nSPS) is 10.9. The van der Waals surface area contributed by atoms with Crippen LogP contribution in [-0.4, -0.2) is 21.3 Å². The van der Waals surface area contributed by atoms with Crippen molar-refractivity contribution in [3.8, 4) is 5.88 Å². The molecule has 0 aliphatic rings. The van der Waals surface area contributed by atoms with Crippen LogP contribution in [-0.2, 0) is 0 Å². The van der Waals surface area contributed by atoms with Gasteiger partial charge in [0, 0.05) is 6.92 Å². The summed E-state index contributed by atoms with van der Waals surface area (Å²) < 4.78 is 10.8. The minimum absolute atomic E-state index is 0.0192. The molecule has 2 heterocycles. The number of pyridine rings is 1. The van der Waals surface area contributed by atoms with Crippen molar-refractivity contribution in [1.82, 2.24) is 15.2 Å². The molecule has 0 radical (unpaired) electrons. The number of nitrogens with zero attached hydrogens (tertiary/aromatic N) is 3. The summed E-state index contributed by atoms with van der Waals surface area (Å²) in [5.74, 6) is 0.942. The Hall–Kier alpha value is -1.76. The zero-order chi connectivity index (χ0) is 13.1. The lowest BCUT2D eigenvalue weighted by Gasteiger charge is -2.11. The van der Waals surface area contributed by atoms with Crippen LogP contribution in [0.2, 0.25) is 0 Å². The third-order valence-electron chi connectivity index (χ3n) is 1.91. The molecular formula is C11H14N4O2S. The van der Waals surface area contributed by atoms with Crippen LogP contribution in [0.25, 0.3) is 0 Å². The van der Waals surface area contributed by atoms with Crippen LogP contribution in [0.5, 0.6) is 5.88 Å². The molecule has 0 amide bonds. The summed E-state index contributed by atoms with van der Waals surface area (Å²) >= 11 is 1.27.